The van der Waals surface area contributed by atoms with Crippen molar-refractivity contribution >= 4 is 21.6 Å². The molecule has 7 heteroatoms. The number of piperazine rings is 1. The summed E-state index contributed by atoms with van der Waals surface area (Å²) in [6.07, 6.45) is 0. The van der Waals surface area contributed by atoms with E-state index in [1.54, 1.807) is 36.1 Å². The second kappa shape index (κ2) is 8.10. The van der Waals surface area contributed by atoms with Gasteiger partial charge in [-0.15, -0.1) is 0 Å². The van der Waals surface area contributed by atoms with Gasteiger partial charge < -0.3 is 9.80 Å². The number of aryl methyl sites for hydroxylation is 1. The van der Waals surface area contributed by atoms with E-state index in [2.05, 4.69) is 21.8 Å². The Morgan fingerprint density at radius 2 is 1.56 bits per heavy atom. The number of hydrogen-bond donors (Lipinski definition) is 1. The van der Waals surface area contributed by atoms with Gasteiger partial charge in [-0.1, -0.05) is 35.9 Å². The molecule has 1 heterocycles. The second-order valence-electron chi connectivity index (χ2n) is 6.80. The lowest BCUT2D eigenvalue weighted by Gasteiger charge is -2.37. The van der Waals surface area contributed by atoms with Gasteiger partial charge in [-0.3, -0.25) is 4.79 Å². The first kappa shape index (κ1) is 19.4. The minimum atomic E-state index is -3.72. The molecule has 27 heavy (non-hydrogen) atoms. The molecule has 0 spiro atoms. The van der Waals surface area contributed by atoms with Gasteiger partial charge in [0.05, 0.1) is 10.9 Å². The minimum Gasteiger partial charge on any atom is -0.368 e. The van der Waals surface area contributed by atoms with Crippen molar-refractivity contribution in [2.75, 3.05) is 31.1 Å². The van der Waals surface area contributed by atoms with Crippen molar-refractivity contribution in [2.24, 2.45) is 0 Å². The van der Waals surface area contributed by atoms with Crippen molar-refractivity contribution in [3.05, 3.63) is 60.2 Å². The molecule has 6 nitrogen and oxygen atoms in total. The minimum absolute atomic E-state index is 0.168. The average molecular weight is 388 g/mol. The summed E-state index contributed by atoms with van der Waals surface area (Å²) in [6, 6.07) is 15.8. The van der Waals surface area contributed by atoms with Crippen LogP contribution in [0.4, 0.5) is 5.69 Å². The molecule has 144 valence electrons. The number of nitrogens with one attached hydrogen (secondary N) is 1. The summed E-state index contributed by atoms with van der Waals surface area (Å²) < 4.78 is 27.5. The molecule has 2 aromatic carbocycles. The standard InChI is InChI=1S/C20H25N3O3S/c1-16-8-10-19(11-9-16)27(25,26)21-17(2)20(24)23-14-12-22(13-15-23)18-6-4-3-5-7-18/h3-11,17,21H,12-15H2,1-2H3/t17-/m0/s1. The van der Waals surface area contributed by atoms with Gasteiger partial charge in [0.1, 0.15) is 0 Å². The fourth-order valence-electron chi connectivity index (χ4n) is 3.17. The lowest BCUT2D eigenvalue weighted by atomic mass is 10.2. The fourth-order valence-corrected chi connectivity index (χ4v) is 4.36. The van der Waals surface area contributed by atoms with Crippen LogP contribution in [0.3, 0.4) is 0 Å². The Bertz CT molecular complexity index is 874. The predicted molar refractivity (Wildman–Crippen MR) is 106 cm³/mol. The van der Waals surface area contributed by atoms with E-state index in [0.717, 1.165) is 24.3 Å². The topological polar surface area (TPSA) is 69.7 Å². The molecule has 1 saturated heterocycles. The number of para-hydroxylation sites is 1. The molecule has 1 atom stereocenters. The quantitative estimate of drug-likeness (QED) is 0.852. The Kier molecular flexibility index (Phi) is 5.82. The molecular weight excluding hydrogens is 362 g/mol. The Balaban J connectivity index is 1.59. The first-order valence-electron chi connectivity index (χ1n) is 9.04. The summed E-state index contributed by atoms with van der Waals surface area (Å²) in [4.78, 5) is 16.8. The lowest BCUT2D eigenvalue weighted by molar-refractivity contribution is -0.132. The van der Waals surface area contributed by atoms with Crippen molar-refractivity contribution in [1.29, 1.82) is 0 Å². The van der Waals surface area contributed by atoms with Crippen molar-refractivity contribution in [3.8, 4) is 0 Å². The average Bonchev–Trinajstić information content (AvgIpc) is 2.68. The molecule has 0 unspecified atom stereocenters. The normalized spacial score (nSPS) is 16.2. The summed E-state index contributed by atoms with van der Waals surface area (Å²) in [7, 11) is -3.72. The van der Waals surface area contributed by atoms with Crippen LogP contribution in [0.1, 0.15) is 12.5 Å². The maximum Gasteiger partial charge on any atom is 0.241 e. The number of carbonyl (C=O) groups excluding carboxylic acids is 1. The molecule has 0 radical (unpaired) electrons. The largest absolute Gasteiger partial charge is 0.368 e. The second-order valence-corrected chi connectivity index (χ2v) is 8.52. The molecule has 0 saturated carbocycles. The number of amides is 1. The highest BCUT2D eigenvalue weighted by molar-refractivity contribution is 7.89. The molecule has 2 aromatic rings. The Morgan fingerprint density at radius 1 is 0.963 bits per heavy atom. The van der Waals surface area contributed by atoms with Gasteiger partial charge in [-0.25, -0.2) is 8.42 Å². The van der Waals surface area contributed by atoms with E-state index in [1.165, 1.54) is 0 Å². The summed E-state index contributed by atoms with van der Waals surface area (Å²) >= 11 is 0. The molecule has 1 aliphatic heterocycles. The Hall–Kier alpha value is -2.38. The highest BCUT2D eigenvalue weighted by atomic mass is 32.2. The monoisotopic (exact) mass is 387 g/mol. The van der Waals surface area contributed by atoms with E-state index in [0.29, 0.717) is 13.1 Å². The highest BCUT2D eigenvalue weighted by Gasteiger charge is 2.28. The van der Waals surface area contributed by atoms with Crippen molar-refractivity contribution in [3.63, 3.8) is 0 Å². The zero-order chi connectivity index (χ0) is 19.4. The molecule has 1 N–H and O–H groups in total. The summed E-state index contributed by atoms with van der Waals surface area (Å²) in [5.41, 5.74) is 2.12. The fraction of sp³-hybridized carbons (Fsp3) is 0.350. The van der Waals surface area contributed by atoms with Gasteiger partial charge in [0.2, 0.25) is 15.9 Å². The molecule has 0 aromatic heterocycles. The molecule has 1 amide bonds. The maximum atomic E-state index is 12.7. The van der Waals surface area contributed by atoms with Gasteiger partial charge in [-0.05, 0) is 38.1 Å². The summed E-state index contributed by atoms with van der Waals surface area (Å²) in [5, 5.41) is 0. The van der Waals surface area contributed by atoms with Gasteiger partial charge in [-0.2, -0.15) is 4.72 Å². The Morgan fingerprint density at radius 3 is 2.15 bits per heavy atom. The highest BCUT2D eigenvalue weighted by Crippen LogP contribution is 2.16. The van der Waals surface area contributed by atoms with E-state index in [4.69, 9.17) is 0 Å². The van der Waals surface area contributed by atoms with E-state index in [9.17, 15) is 13.2 Å². The smallest absolute Gasteiger partial charge is 0.241 e. The SMILES string of the molecule is Cc1ccc(S(=O)(=O)N[C@@H](C)C(=O)N2CCN(c3ccccc3)CC2)cc1. The molecule has 1 fully saturated rings. The number of carbonyl (C=O) groups is 1. The van der Waals surface area contributed by atoms with Crippen LogP contribution < -0.4 is 9.62 Å². The van der Waals surface area contributed by atoms with Crippen LogP contribution in [-0.4, -0.2) is 51.4 Å². The van der Waals surface area contributed by atoms with E-state index < -0.39 is 16.1 Å². The van der Waals surface area contributed by atoms with E-state index >= 15 is 0 Å². The van der Waals surface area contributed by atoms with Crippen LogP contribution in [0, 0.1) is 6.92 Å². The first-order chi connectivity index (χ1) is 12.9. The molecule has 1 aliphatic rings. The number of benzene rings is 2. The summed E-state index contributed by atoms with van der Waals surface area (Å²) in [5.74, 6) is -0.196. The zero-order valence-corrected chi connectivity index (χ0v) is 16.4. The zero-order valence-electron chi connectivity index (χ0n) is 15.6. The van der Waals surface area contributed by atoms with Crippen molar-refractivity contribution in [2.45, 2.75) is 24.8 Å². The van der Waals surface area contributed by atoms with Crippen LogP contribution in [0.2, 0.25) is 0 Å². The van der Waals surface area contributed by atoms with Gasteiger partial charge in [0.25, 0.3) is 0 Å². The van der Waals surface area contributed by atoms with Gasteiger partial charge in [0.15, 0.2) is 0 Å². The van der Waals surface area contributed by atoms with Gasteiger partial charge >= 0.3 is 0 Å². The number of hydrogen-bond acceptors (Lipinski definition) is 4. The van der Waals surface area contributed by atoms with Crippen LogP contribution in [0.5, 0.6) is 0 Å². The molecule has 0 aliphatic carbocycles. The predicted octanol–water partition coefficient (Wildman–Crippen LogP) is 2.01. The number of sulfonamides is 1. The third kappa shape index (κ3) is 4.67. The summed E-state index contributed by atoms with van der Waals surface area (Å²) in [6.45, 7) is 6.09. The van der Waals surface area contributed by atoms with E-state index in [-0.39, 0.29) is 10.8 Å². The number of rotatable bonds is 5. The van der Waals surface area contributed by atoms with Crippen molar-refractivity contribution in [1.82, 2.24) is 9.62 Å². The number of nitrogens with zero attached hydrogens (tertiary/aromatic N) is 2. The van der Waals surface area contributed by atoms with Crippen LogP contribution >= 0.6 is 0 Å². The van der Waals surface area contributed by atoms with Crippen LogP contribution in [0.15, 0.2) is 59.5 Å². The Labute approximate surface area is 160 Å². The van der Waals surface area contributed by atoms with Gasteiger partial charge in [0, 0.05) is 31.9 Å². The van der Waals surface area contributed by atoms with Crippen molar-refractivity contribution < 1.29 is 13.2 Å². The third-order valence-corrected chi connectivity index (χ3v) is 6.30. The van der Waals surface area contributed by atoms with Crippen LogP contribution in [0.25, 0.3) is 0 Å². The lowest BCUT2D eigenvalue weighted by Crippen LogP contribution is -2.54. The first-order valence-corrected chi connectivity index (χ1v) is 10.5. The third-order valence-electron chi connectivity index (χ3n) is 4.75. The maximum absolute atomic E-state index is 12.7. The molecular formula is C20H25N3O3S. The van der Waals surface area contributed by atoms with Crippen LogP contribution in [-0.2, 0) is 14.8 Å². The molecule has 3 rings (SSSR count). The number of anilines is 1. The molecule has 0 bridgehead atoms. The van der Waals surface area contributed by atoms with E-state index in [1.807, 2.05) is 25.1 Å².